The largest absolute Gasteiger partial charge is 0.467 e. The molecule has 1 unspecified atom stereocenters. The van der Waals surface area contributed by atoms with Gasteiger partial charge in [0.15, 0.2) is 0 Å². The summed E-state index contributed by atoms with van der Waals surface area (Å²) in [7, 11) is 1.28. The summed E-state index contributed by atoms with van der Waals surface area (Å²) in [5.41, 5.74) is 1.17. The summed E-state index contributed by atoms with van der Waals surface area (Å²) in [6.07, 6.45) is 0. The first-order valence-corrected chi connectivity index (χ1v) is 6.34. The number of methoxy groups -OCH3 is 1. The summed E-state index contributed by atoms with van der Waals surface area (Å²) in [5.74, 6) is -0.726. The number of carbonyl (C=O) groups excluding carboxylic acids is 2. The Labute approximate surface area is 120 Å². The van der Waals surface area contributed by atoms with Crippen molar-refractivity contribution in [3.05, 3.63) is 22.2 Å². The first-order valence-electron chi connectivity index (χ1n) is 5.58. The maximum Gasteiger partial charge on any atom is 0.328 e. The molecule has 2 rings (SSSR count). The van der Waals surface area contributed by atoms with Crippen LogP contribution in [0.5, 0.6) is 0 Å². The van der Waals surface area contributed by atoms with Gasteiger partial charge < -0.3 is 10.1 Å². The summed E-state index contributed by atoms with van der Waals surface area (Å²) in [5, 5.41) is 3.64. The Morgan fingerprint density at radius 3 is 2.68 bits per heavy atom. The van der Waals surface area contributed by atoms with Crippen LogP contribution in [-0.4, -0.2) is 31.6 Å². The molecule has 1 heterocycles. The molecule has 102 valence electrons. The van der Waals surface area contributed by atoms with Crippen LogP contribution in [-0.2, 0) is 14.3 Å². The Morgan fingerprint density at radius 2 is 2.05 bits per heavy atom. The molecule has 7 heteroatoms. The van der Waals surface area contributed by atoms with Crippen LogP contribution >= 0.6 is 23.2 Å². The van der Waals surface area contributed by atoms with E-state index in [2.05, 4.69) is 10.1 Å². The Kier molecular flexibility index (Phi) is 3.87. The maximum absolute atomic E-state index is 12.0. The van der Waals surface area contributed by atoms with E-state index < -0.39 is 12.0 Å². The molecule has 1 aromatic rings. The molecule has 0 aliphatic carbocycles. The minimum atomic E-state index is -0.726. The number of halogens is 2. The maximum atomic E-state index is 12.0. The van der Waals surface area contributed by atoms with Crippen molar-refractivity contribution in [1.82, 2.24) is 0 Å². The molecule has 5 nitrogen and oxygen atoms in total. The molecule has 1 aromatic carbocycles. The highest BCUT2D eigenvalue weighted by Crippen LogP contribution is 2.37. The molecule has 19 heavy (non-hydrogen) atoms. The highest BCUT2D eigenvalue weighted by Gasteiger charge is 2.33. The van der Waals surface area contributed by atoms with Crippen molar-refractivity contribution < 1.29 is 14.3 Å². The lowest BCUT2D eigenvalue weighted by molar-refractivity contribution is -0.143. The van der Waals surface area contributed by atoms with Crippen molar-refractivity contribution in [1.29, 1.82) is 0 Å². The average molecular weight is 303 g/mol. The zero-order valence-electron chi connectivity index (χ0n) is 10.4. The second kappa shape index (κ2) is 5.27. The van der Waals surface area contributed by atoms with Crippen LogP contribution < -0.4 is 10.2 Å². The van der Waals surface area contributed by atoms with Gasteiger partial charge in [-0.05, 0) is 19.1 Å². The zero-order valence-corrected chi connectivity index (χ0v) is 11.9. The predicted octanol–water partition coefficient (Wildman–Crippen LogP) is 2.31. The molecule has 1 atom stereocenters. The first kappa shape index (κ1) is 14.0. The third-order valence-corrected chi connectivity index (χ3v) is 3.65. The summed E-state index contributed by atoms with van der Waals surface area (Å²) in [4.78, 5) is 25.0. The van der Waals surface area contributed by atoms with Gasteiger partial charge in [-0.3, -0.25) is 9.69 Å². The monoisotopic (exact) mass is 302 g/mol. The van der Waals surface area contributed by atoms with Crippen molar-refractivity contribution in [2.45, 2.75) is 13.0 Å². The molecule has 1 amide bonds. The standard InChI is InChI=1S/C12H12Cl2N2O3/c1-6(12(18)19-2)16-10-4-8(14)7(13)3-9(10)15-5-11(16)17/h3-4,6,15H,5H2,1-2H3. The van der Waals surface area contributed by atoms with Crippen molar-refractivity contribution >= 4 is 46.5 Å². The molecule has 0 aromatic heterocycles. The van der Waals surface area contributed by atoms with Gasteiger partial charge in [-0.1, -0.05) is 23.2 Å². The van der Waals surface area contributed by atoms with Crippen molar-refractivity contribution in [3.8, 4) is 0 Å². The number of fused-ring (bicyclic) bond motifs is 1. The Balaban J connectivity index is 2.49. The smallest absolute Gasteiger partial charge is 0.328 e. The number of anilines is 2. The minimum Gasteiger partial charge on any atom is -0.467 e. The van der Waals surface area contributed by atoms with Crippen molar-refractivity contribution in [3.63, 3.8) is 0 Å². The van der Waals surface area contributed by atoms with Gasteiger partial charge in [0.1, 0.15) is 6.04 Å². The lowest BCUT2D eigenvalue weighted by Gasteiger charge is -2.33. The highest BCUT2D eigenvalue weighted by molar-refractivity contribution is 6.42. The van der Waals surface area contributed by atoms with E-state index in [4.69, 9.17) is 23.2 Å². The van der Waals surface area contributed by atoms with Crippen LogP contribution in [0.4, 0.5) is 11.4 Å². The minimum absolute atomic E-state index is 0.0896. The summed E-state index contributed by atoms with van der Waals surface area (Å²) in [6.45, 7) is 1.69. The van der Waals surface area contributed by atoms with Crippen LogP contribution in [0.3, 0.4) is 0 Å². The SMILES string of the molecule is COC(=O)C(C)N1C(=O)CNc2cc(Cl)c(Cl)cc21. The van der Waals surface area contributed by atoms with Gasteiger partial charge in [0, 0.05) is 0 Å². The average Bonchev–Trinajstić information content (AvgIpc) is 2.39. The Morgan fingerprint density at radius 1 is 1.42 bits per heavy atom. The third-order valence-electron chi connectivity index (χ3n) is 2.93. The summed E-state index contributed by atoms with van der Waals surface area (Å²) in [6, 6.07) is 2.46. The topological polar surface area (TPSA) is 58.6 Å². The molecular formula is C12H12Cl2N2O3. The quantitative estimate of drug-likeness (QED) is 0.852. The van der Waals surface area contributed by atoms with Gasteiger partial charge in [-0.25, -0.2) is 4.79 Å². The molecule has 1 aliphatic heterocycles. The number of hydrogen-bond acceptors (Lipinski definition) is 4. The van der Waals surface area contributed by atoms with Crippen molar-refractivity contribution in [2.24, 2.45) is 0 Å². The number of amides is 1. The number of hydrogen-bond donors (Lipinski definition) is 1. The van der Waals surface area contributed by atoms with E-state index in [9.17, 15) is 9.59 Å². The summed E-state index contributed by atoms with van der Waals surface area (Å²) < 4.78 is 4.67. The fourth-order valence-corrected chi connectivity index (χ4v) is 2.29. The van der Waals surface area contributed by atoms with Crippen LogP contribution in [0.2, 0.25) is 10.0 Å². The number of nitrogens with zero attached hydrogens (tertiary/aromatic N) is 1. The van der Waals surface area contributed by atoms with E-state index in [0.717, 1.165) is 0 Å². The van der Waals surface area contributed by atoms with Crippen LogP contribution in [0.15, 0.2) is 12.1 Å². The third kappa shape index (κ3) is 2.48. The number of ether oxygens (including phenoxy) is 1. The van der Waals surface area contributed by atoms with Crippen molar-refractivity contribution in [2.75, 3.05) is 23.9 Å². The number of nitrogens with one attached hydrogen (secondary N) is 1. The normalized spacial score (nSPS) is 15.6. The van der Waals surface area contributed by atoms with Gasteiger partial charge in [0.2, 0.25) is 5.91 Å². The highest BCUT2D eigenvalue weighted by atomic mass is 35.5. The zero-order chi connectivity index (χ0) is 14.2. The lowest BCUT2D eigenvalue weighted by atomic mass is 10.1. The molecule has 0 saturated carbocycles. The number of esters is 1. The molecule has 0 fully saturated rings. The molecule has 0 bridgehead atoms. The Bertz CT molecular complexity index is 548. The van der Waals surface area contributed by atoms with Gasteiger partial charge in [0.25, 0.3) is 0 Å². The molecule has 0 saturated heterocycles. The van der Waals surface area contributed by atoms with E-state index in [0.29, 0.717) is 21.4 Å². The van der Waals surface area contributed by atoms with Gasteiger partial charge in [0.05, 0.1) is 35.1 Å². The van der Waals surface area contributed by atoms with E-state index >= 15 is 0 Å². The van der Waals surface area contributed by atoms with Gasteiger partial charge in [-0.2, -0.15) is 0 Å². The lowest BCUT2D eigenvalue weighted by Crippen LogP contribution is -2.49. The predicted molar refractivity (Wildman–Crippen MR) is 73.9 cm³/mol. The Hall–Kier alpha value is -1.46. The second-order valence-corrected chi connectivity index (χ2v) is 4.91. The van der Waals surface area contributed by atoms with E-state index in [1.807, 2.05) is 0 Å². The number of carbonyl (C=O) groups is 2. The van der Waals surface area contributed by atoms with E-state index in [1.54, 1.807) is 19.1 Å². The molecule has 1 N–H and O–H groups in total. The van der Waals surface area contributed by atoms with E-state index in [-0.39, 0.29) is 12.5 Å². The second-order valence-electron chi connectivity index (χ2n) is 4.10. The molecule has 0 spiro atoms. The van der Waals surface area contributed by atoms with Crippen LogP contribution in [0, 0.1) is 0 Å². The number of rotatable bonds is 2. The van der Waals surface area contributed by atoms with Crippen LogP contribution in [0.25, 0.3) is 0 Å². The fourth-order valence-electron chi connectivity index (χ4n) is 1.97. The molecule has 1 aliphatic rings. The van der Waals surface area contributed by atoms with E-state index in [1.165, 1.54) is 12.0 Å². The molecule has 0 radical (unpaired) electrons. The fraction of sp³-hybridized carbons (Fsp3) is 0.333. The molecular weight excluding hydrogens is 291 g/mol. The van der Waals surface area contributed by atoms with Gasteiger partial charge >= 0.3 is 5.97 Å². The summed E-state index contributed by atoms with van der Waals surface area (Å²) >= 11 is 11.9. The van der Waals surface area contributed by atoms with Crippen LogP contribution in [0.1, 0.15) is 6.92 Å². The number of benzene rings is 1. The first-order chi connectivity index (χ1) is 8.95. The van der Waals surface area contributed by atoms with Gasteiger partial charge in [-0.15, -0.1) is 0 Å².